The quantitative estimate of drug-likeness (QED) is 0.789. The molecule has 0 bridgehead atoms. The van der Waals surface area contributed by atoms with Gasteiger partial charge in [-0.05, 0) is 38.0 Å². The fraction of sp³-hybridized carbons (Fsp3) is 0.368. The zero-order valence-corrected chi connectivity index (χ0v) is 14.5. The predicted octanol–water partition coefficient (Wildman–Crippen LogP) is 2.77. The summed E-state index contributed by atoms with van der Waals surface area (Å²) in [6.07, 6.45) is 2.04. The number of ether oxygens (including phenoxy) is 2. The van der Waals surface area contributed by atoms with Crippen molar-refractivity contribution in [3.8, 4) is 5.75 Å². The first-order chi connectivity index (χ1) is 12.5. The van der Waals surface area contributed by atoms with Crippen molar-refractivity contribution in [2.75, 3.05) is 13.2 Å². The second kappa shape index (κ2) is 8.05. The third kappa shape index (κ3) is 4.23. The van der Waals surface area contributed by atoms with Crippen LogP contribution in [0.3, 0.4) is 0 Å². The Balaban J connectivity index is 1.62. The molecule has 138 valence electrons. The van der Waals surface area contributed by atoms with Gasteiger partial charge in [-0.15, -0.1) is 0 Å². The molecule has 1 saturated heterocycles. The number of aromatic carboxylic acids is 1. The molecule has 7 nitrogen and oxygen atoms in total. The van der Waals surface area contributed by atoms with E-state index < -0.39 is 5.97 Å². The van der Waals surface area contributed by atoms with Crippen molar-refractivity contribution in [1.82, 2.24) is 5.32 Å². The number of nitrogens with one attached hydrogen (secondary N) is 1. The van der Waals surface area contributed by atoms with Gasteiger partial charge < -0.3 is 24.3 Å². The van der Waals surface area contributed by atoms with Gasteiger partial charge in [0.2, 0.25) is 0 Å². The SMILES string of the molecule is Cc1oc(CNC(=O)c2ccccc2OC[C@H]2CCCO2)cc1C(=O)O. The van der Waals surface area contributed by atoms with Crippen LogP contribution >= 0.6 is 0 Å². The molecule has 2 heterocycles. The van der Waals surface area contributed by atoms with Gasteiger partial charge in [0.25, 0.3) is 5.91 Å². The molecule has 1 atom stereocenters. The number of amides is 1. The Morgan fingerprint density at radius 2 is 2.12 bits per heavy atom. The molecule has 1 aromatic heterocycles. The number of carbonyl (C=O) groups is 2. The summed E-state index contributed by atoms with van der Waals surface area (Å²) in [5, 5.41) is 11.8. The van der Waals surface area contributed by atoms with Crippen molar-refractivity contribution in [2.45, 2.75) is 32.4 Å². The highest BCUT2D eigenvalue weighted by molar-refractivity contribution is 5.96. The highest BCUT2D eigenvalue weighted by Gasteiger charge is 2.19. The summed E-state index contributed by atoms with van der Waals surface area (Å²) >= 11 is 0. The van der Waals surface area contributed by atoms with Crippen LogP contribution in [0.15, 0.2) is 34.7 Å². The number of hydrogen-bond donors (Lipinski definition) is 2. The second-order valence-corrected chi connectivity index (χ2v) is 6.11. The standard InChI is InChI=1S/C19H21NO6/c1-12-16(19(22)23)9-14(26-12)10-20-18(21)15-6-2-3-7-17(15)25-11-13-5-4-8-24-13/h2-3,6-7,9,13H,4-5,8,10-11H2,1H3,(H,20,21)(H,22,23)/t13-/m1/s1. The summed E-state index contributed by atoms with van der Waals surface area (Å²) in [4.78, 5) is 23.5. The number of carboxylic acids is 1. The number of carbonyl (C=O) groups excluding carboxylic acids is 1. The van der Waals surface area contributed by atoms with Gasteiger partial charge in [-0.1, -0.05) is 12.1 Å². The first kappa shape index (κ1) is 18.0. The number of aryl methyl sites for hydroxylation is 1. The van der Waals surface area contributed by atoms with Crippen LogP contribution in [0.25, 0.3) is 0 Å². The highest BCUT2D eigenvalue weighted by Crippen LogP contribution is 2.21. The van der Waals surface area contributed by atoms with E-state index in [1.807, 2.05) is 0 Å². The first-order valence-corrected chi connectivity index (χ1v) is 8.49. The topological polar surface area (TPSA) is 98.0 Å². The average Bonchev–Trinajstić information content (AvgIpc) is 3.27. The molecule has 1 aliphatic heterocycles. The zero-order valence-electron chi connectivity index (χ0n) is 14.5. The van der Waals surface area contributed by atoms with Crippen molar-refractivity contribution in [3.05, 3.63) is 53.0 Å². The van der Waals surface area contributed by atoms with Crippen LogP contribution < -0.4 is 10.1 Å². The first-order valence-electron chi connectivity index (χ1n) is 8.49. The number of carboxylic acid groups (broad SMARTS) is 1. The molecule has 2 aromatic rings. The number of rotatable bonds is 7. The summed E-state index contributed by atoms with van der Waals surface area (Å²) < 4.78 is 16.7. The van der Waals surface area contributed by atoms with Crippen LogP contribution in [0.1, 0.15) is 45.1 Å². The highest BCUT2D eigenvalue weighted by atomic mass is 16.5. The van der Waals surface area contributed by atoms with Crippen molar-refractivity contribution in [2.24, 2.45) is 0 Å². The molecule has 1 aromatic carbocycles. The number of furan rings is 1. The van der Waals surface area contributed by atoms with Crippen molar-refractivity contribution in [3.63, 3.8) is 0 Å². The molecular weight excluding hydrogens is 338 g/mol. The number of hydrogen-bond acceptors (Lipinski definition) is 5. The van der Waals surface area contributed by atoms with E-state index in [2.05, 4.69) is 5.32 Å². The fourth-order valence-corrected chi connectivity index (χ4v) is 2.84. The Kier molecular flexibility index (Phi) is 5.58. The molecule has 1 aliphatic rings. The van der Waals surface area contributed by atoms with Gasteiger partial charge in [0.15, 0.2) is 0 Å². The maximum absolute atomic E-state index is 12.5. The summed E-state index contributed by atoms with van der Waals surface area (Å²) in [5.74, 6) is -0.203. The van der Waals surface area contributed by atoms with Crippen LogP contribution in [0.5, 0.6) is 5.75 Å². The Hall–Kier alpha value is -2.80. The van der Waals surface area contributed by atoms with Crippen molar-refractivity contribution >= 4 is 11.9 Å². The van der Waals surface area contributed by atoms with E-state index in [4.69, 9.17) is 19.0 Å². The normalized spacial score (nSPS) is 16.4. The van der Waals surface area contributed by atoms with Crippen LogP contribution in [0, 0.1) is 6.92 Å². The van der Waals surface area contributed by atoms with Crippen LogP contribution in [-0.4, -0.2) is 36.3 Å². The van der Waals surface area contributed by atoms with Gasteiger partial charge in [-0.2, -0.15) is 0 Å². The Morgan fingerprint density at radius 3 is 2.81 bits per heavy atom. The van der Waals surface area contributed by atoms with E-state index in [0.717, 1.165) is 19.4 Å². The van der Waals surface area contributed by atoms with Crippen LogP contribution in [-0.2, 0) is 11.3 Å². The minimum Gasteiger partial charge on any atom is -0.490 e. The molecule has 0 aliphatic carbocycles. The van der Waals surface area contributed by atoms with E-state index >= 15 is 0 Å². The van der Waals surface area contributed by atoms with Crippen molar-refractivity contribution in [1.29, 1.82) is 0 Å². The van der Waals surface area contributed by atoms with E-state index in [-0.39, 0.29) is 24.1 Å². The lowest BCUT2D eigenvalue weighted by molar-refractivity contribution is 0.0670. The Morgan fingerprint density at radius 1 is 1.31 bits per heavy atom. The zero-order chi connectivity index (χ0) is 18.5. The molecule has 1 fully saturated rings. The third-order valence-corrected chi connectivity index (χ3v) is 4.20. The minimum atomic E-state index is -1.06. The van der Waals surface area contributed by atoms with Gasteiger partial charge >= 0.3 is 5.97 Å². The lowest BCUT2D eigenvalue weighted by Crippen LogP contribution is -2.24. The molecule has 1 amide bonds. The average molecular weight is 359 g/mol. The molecule has 0 saturated carbocycles. The molecule has 0 radical (unpaired) electrons. The Labute approximate surface area is 150 Å². The Bertz CT molecular complexity index is 791. The van der Waals surface area contributed by atoms with E-state index in [1.54, 1.807) is 31.2 Å². The lowest BCUT2D eigenvalue weighted by atomic mass is 10.2. The summed E-state index contributed by atoms with van der Waals surface area (Å²) in [6, 6.07) is 8.39. The van der Waals surface area contributed by atoms with Crippen molar-refractivity contribution < 1.29 is 28.6 Å². The molecule has 26 heavy (non-hydrogen) atoms. The third-order valence-electron chi connectivity index (χ3n) is 4.20. The lowest BCUT2D eigenvalue weighted by Gasteiger charge is -2.14. The molecular formula is C19H21NO6. The smallest absolute Gasteiger partial charge is 0.339 e. The van der Waals surface area contributed by atoms with Gasteiger partial charge in [-0.3, -0.25) is 4.79 Å². The minimum absolute atomic E-state index is 0.0617. The van der Waals surface area contributed by atoms with Crippen LogP contribution in [0.2, 0.25) is 0 Å². The maximum atomic E-state index is 12.5. The maximum Gasteiger partial charge on any atom is 0.339 e. The van der Waals surface area contributed by atoms with E-state index in [1.165, 1.54) is 6.07 Å². The summed E-state index contributed by atoms with van der Waals surface area (Å²) in [5.41, 5.74) is 0.502. The van der Waals surface area contributed by atoms with E-state index in [0.29, 0.717) is 29.4 Å². The second-order valence-electron chi connectivity index (χ2n) is 6.11. The molecule has 2 N–H and O–H groups in total. The summed E-state index contributed by atoms with van der Waals surface area (Å²) in [7, 11) is 0. The molecule has 7 heteroatoms. The van der Waals surface area contributed by atoms with Gasteiger partial charge in [0.1, 0.15) is 29.4 Å². The number of para-hydroxylation sites is 1. The van der Waals surface area contributed by atoms with Gasteiger partial charge in [-0.25, -0.2) is 4.79 Å². The van der Waals surface area contributed by atoms with Gasteiger partial charge in [0, 0.05) is 6.61 Å². The number of benzene rings is 1. The van der Waals surface area contributed by atoms with Crippen LogP contribution in [0.4, 0.5) is 0 Å². The largest absolute Gasteiger partial charge is 0.490 e. The molecule has 0 unspecified atom stereocenters. The molecule has 3 rings (SSSR count). The monoisotopic (exact) mass is 359 g/mol. The van der Waals surface area contributed by atoms with Gasteiger partial charge in [0.05, 0.1) is 18.2 Å². The van der Waals surface area contributed by atoms with E-state index in [9.17, 15) is 9.59 Å². The fourth-order valence-electron chi connectivity index (χ4n) is 2.84. The molecule has 0 spiro atoms. The predicted molar refractivity (Wildman–Crippen MR) is 92.5 cm³/mol. The summed E-state index contributed by atoms with van der Waals surface area (Å²) in [6.45, 7) is 2.82.